The zero-order chi connectivity index (χ0) is 27.9. The molecule has 1 aliphatic rings. The van der Waals surface area contributed by atoms with Gasteiger partial charge in [-0.05, 0) is 34.8 Å². The van der Waals surface area contributed by atoms with Gasteiger partial charge in [0.25, 0.3) is 0 Å². The number of rotatable bonds is 11. The van der Waals surface area contributed by atoms with Crippen molar-refractivity contribution < 1.29 is 23.4 Å². The van der Waals surface area contributed by atoms with E-state index in [1.54, 1.807) is 0 Å². The molecule has 3 aromatic carbocycles. The van der Waals surface area contributed by atoms with Crippen molar-refractivity contribution in [2.75, 3.05) is 0 Å². The molecule has 0 aliphatic heterocycles. The topological polar surface area (TPSA) is 54.0 Å². The number of carbonyl (C=O) groups is 1. The number of Topliss-reactive ketones (excluding diaryl/α,β-unsaturated/α-hetero) is 1. The van der Waals surface area contributed by atoms with Crippen molar-refractivity contribution in [2.45, 2.75) is 89.6 Å². The summed E-state index contributed by atoms with van der Waals surface area (Å²) in [5.41, 5.74) is 3.10. The minimum atomic E-state index is -2.21. The molecule has 1 saturated carbocycles. The van der Waals surface area contributed by atoms with Crippen molar-refractivity contribution >= 4 is 14.1 Å². The molecule has 39 heavy (non-hydrogen) atoms. The van der Waals surface area contributed by atoms with Gasteiger partial charge in [0.2, 0.25) is 0 Å². The van der Waals surface area contributed by atoms with Gasteiger partial charge in [-0.25, -0.2) is 0 Å². The van der Waals surface area contributed by atoms with Crippen LogP contribution >= 0.6 is 0 Å². The number of ether oxygens (including phenoxy) is 3. The van der Waals surface area contributed by atoms with Crippen LogP contribution in [0.4, 0.5) is 0 Å². The molecule has 4 atom stereocenters. The van der Waals surface area contributed by atoms with E-state index >= 15 is 0 Å². The van der Waals surface area contributed by atoms with Crippen LogP contribution in [0.1, 0.15) is 43.9 Å². The van der Waals surface area contributed by atoms with E-state index in [4.69, 9.17) is 18.6 Å². The lowest BCUT2D eigenvalue weighted by Gasteiger charge is -2.46. The Morgan fingerprint density at radius 1 is 0.667 bits per heavy atom. The van der Waals surface area contributed by atoms with Crippen LogP contribution in [0.2, 0.25) is 18.1 Å². The lowest BCUT2D eigenvalue weighted by Crippen LogP contribution is -2.60. The molecule has 0 amide bonds. The van der Waals surface area contributed by atoms with Crippen molar-refractivity contribution in [3.63, 3.8) is 0 Å². The Morgan fingerprint density at radius 2 is 1.08 bits per heavy atom. The van der Waals surface area contributed by atoms with Crippen LogP contribution < -0.4 is 0 Å². The maximum atomic E-state index is 13.7. The van der Waals surface area contributed by atoms with Crippen LogP contribution in [0.15, 0.2) is 91.0 Å². The lowest BCUT2D eigenvalue weighted by atomic mass is 9.87. The number of hydrogen-bond donors (Lipinski definition) is 0. The molecule has 0 spiro atoms. The smallest absolute Gasteiger partial charge is 0.192 e. The van der Waals surface area contributed by atoms with Gasteiger partial charge in [-0.3, -0.25) is 4.79 Å². The van der Waals surface area contributed by atoms with Crippen molar-refractivity contribution in [3.05, 3.63) is 108 Å². The van der Waals surface area contributed by atoms with Gasteiger partial charge in [-0.2, -0.15) is 0 Å². The molecule has 0 saturated heterocycles. The highest BCUT2D eigenvalue weighted by molar-refractivity contribution is 6.74. The number of benzene rings is 3. The molecule has 0 aromatic heterocycles. The third kappa shape index (κ3) is 7.96. The quantitative estimate of drug-likeness (QED) is 0.240. The molecule has 0 unspecified atom stereocenters. The second-order valence-electron chi connectivity index (χ2n) is 11.8. The van der Waals surface area contributed by atoms with E-state index in [0.717, 1.165) is 16.7 Å². The predicted octanol–water partition coefficient (Wildman–Crippen LogP) is 7.11. The van der Waals surface area contributed by atoms with Gasteiger partial charge in [0.1, 0.15) is 18.3 Å². The molecule has 1 aliphatic carbocycles. The first kappa shape index (κ1) is 29.4. The van der Waals surface area contributed by atoms with E-state index in [0.29, 0.717) is 19.8 Å². The van der Waals surface area contributed by atoms with Crippen LogP contribution in [0.5, 0.6) is 0 Å². The summed E-state index contributed by atoms with van der Waals surface area (Å²) in [6.07, 6.45) is -2.03. The molecule has 3 aromatic rings. The molecule has 4 rings (SSSR count). The summed E-state index contributed by atoms with van der Waals surface area (Å²) in [4.78, 5) is 13.7. The lowest BCUT2D eigenvalue weighted by molar-refractivity contribution is -0.199. The Morgan fingerprint density at radius 3 is 1.51 bits per heavy atom. The Hall–Kier alpha value is -2.61. The Labute approximate surface area is 234 Å². The molecule has 6 heteroatoms. The van der Waals surface area contributed by atoms with Crippen LogP contribution in [0.25, 0.3) is 0 Å². The fourth-order valence-corrected chi connectivity index (χ4v) is 5.86. The summed E-state index contributed by atoms with van der Waals surface area (Å²) in [6, 6.07) is 30.0. The second kappa shape index (κ2) is 13.2. The monoisotopic (exact) mass is 546 g/mol. The summed E-state index contributed by atoms with van der Waals surface area (Å²) in [5, 5.41) is -0.0128. The molecule has 0 heterocycles. The largest absolute Gasteiger partial charge is 0.411 e. The fraction of sp³-hybridized carbons (Fsp3) is 0.424. The maximum Gasteiger partial charge on any atom is 0.192 e. The number of carbonyl (C=O) groups excluding carboxylic acids is 1. The van der Waals surface area contributed by atoms with E-state index in [-0.39, 0.29) is 17.2 Å². The third-order valence-corrected chi connectivity index (χ3v) is 12.3. The molecule has 5 nitrogen and oxygen atoms in total. The summed E-state index contributed by atoms with van der Waals surface area (Å²) >= 11 is 0. The van der Waals surface area contributed by atoms with Gasteiger partial charge in [0, 0.05) is 6.42 Å². The van der Waals surface area contributed by atoms with Crippen LogP contribution in [0.3, 0.4) is 0 Å². The highest BCUT2D eigenvalue weighted by atomic mass is 28.4. The van der Waals surface area contributed by atoms with Crippen LogP contribution in [-0.4, -0.2) is 38.5 Å². The summed E-state index contributed by atoms with van der Waals surface area (Å²) in [6.45, 7) is 12.1. The molecular formula is C33H42O5Si. The normalized spacial score (nSPS) is 22.1. The summed E-state index contributed by atoms with van der Waals surface area (Å²) in [5.74, 6) is -0.00716. The summed E-state index contributed by atoms with van der Waals surface area (Å²) in [7, 11) is -2.21. The summed E-state index contributed by atoms with van der Waals surface area (Å²) < 4.78 is 26.3. The van der Waals surface area contributed by atoms with Gasteiger partial charge in [0.05, 0.1) is 25.9 Å². The Bertz CT molecular complexity index is 1160. The SMILES string of the molecule is CC(C)(C)[Si](C)(C)O[C@@H]1CC(=O)[C@H](OCc2ccccc2)[C@@H](OCc2ccccc2)[C@@H]1OCc1ccccc1. The fourth-order valence-electron chi connectivity index (χ4n) is 4.53. The molecular weight excluding hydrogens is 504 g/mol. The van der Waals surface area contributed by atoms with E-state index < -0.39 is 32.7 Å². The van der Waals surface area contributed by atoms with E-state index in [9.17, 15) is 4.79 Å². The van der Waals surface area contributed by atoms with Crippen molar-refractivity contribution in [3.8, 4) is 0 Å². The molecule has 0 bridgehead atoms. The highest BCUT2D eigenvalue weighted by Gasteiger charge is 2.50. The first-order valence-electron chi connectivity index (χ1n) is 13.8. The van der Waals surface area contributed by atoms with Crippen molar-refractivity contribution in [1.82, 2.24) is 0 Å². The van der Waals surface area contributed by atoms with Crippen molar-refractivity contribution in [1.29, 1.82) is 0 Å². The molecule has 0 N–H and O–H groups in total. The van der Waals surface area contributed by atoms with Crippen LogP contribution in [0, 0.1) is 0 Å². The Kier molecular flexibility index (Phi) is 9.91. The average Bonchev–Trinajstić information content (AvgIpc) is 2.91. The molecule has 0 radical (unpaired) electrons. The second-order valence-corrected chi connectivity index (χ2v) is 16.6. The average molecular weight is 547 g/mol. The van der Waals surface area contributed by atoms with E-state index in [1.807, 2.05) is 91.0 Å². The maximum absolute atomic E-state index is 13.7. The van der Waals surface area contributed by atoms with Gasteiger partial charge in [-0.15, -0.1) is 0 Å². The predicted molar refractivity (Wildman–Crippen MR) is 157 cm³/mol. The highest BCUT2D eigenvalue weighted by Crippen LogP contribution is 2.40. The first-order chi connectivity index (χ1) is 18.6. The first-order valence-corrected chi connectivity index (χ1v) is 16.7. The minimum Gasteiger partial charge on any atom is -0.411 e. The van der Waals surface area contributed by atoms with Gasteiger partial charge < -0.3 is 18.6 Å². The molecule has 208 valence electrons. The van der Waals surface area contributed by atoms with Crippen LogP contribution in [-0.2, 0) is 43.3 Å². The molecule has 1 fully saturated rings. The van der Waals surface area contributed by atoms with E-state index in [2.05, 4.69) is 33.9 Å². The van der Waals surface area contributed by atoms with Crippen molar-refractivity contribution in [2.24, 2.45) is 0 Å². The Balaban J connectivity index is 1.63. The zero-order valence-electron chi connectivity index (χ0n) is 23.8. The van der Waals surface area contributed by atoms with E-state index in [1.165, 1.54) is 0 Å². The third-order valence-electron chi connectivity index (χ3n) is 7.80. The van der Waals surface area contributed by atoms with Gasteiger partial charge >= 0.3 is 0 Å². The standard InChI is InChI=1S/C33H42O5Si/c1-33(2,3)39(4,5)38-29-21-28(34)30(35-22-25-15-9-6-10-16-25)32(37-24-27-19-13-8-14-20-27)31(29)36-23-26-17-11-7-12-18-26/h6-20,29-32H,21-24H2,1-5H3/t29-,30+,31-,32-/m1/s1. The zero-order valence-corrected chi connectivity index (χ0v) is 24.8. The van der Waals surface area contributed by atoms with Gasteiger partial charge in [-0.1, -0.05) is 112 Å². The van der Waals surface area contributed by atoms with Gasteiger partial charge in [0.15, 0.2) is 14.1 Å². The minimum absolute atomic E-state index is 0.00716. The number of ketones is 1. The number of hydrogen-bond acceptors (Lipinski definition) is 5.